The number of hydrogen-bond donors (Lipinski definition) is 1. The summed E-state index contributed by atoms with van der Waals surface area (Å²) in [6, 6.07) is 10.0. The first-order valence-corrected chi connectivity index (χ1v) is 8.72. The van der Waals surface area contributed by atoms with Crippen LogP contribution in [0.2, 0.25) is 0 Å². The van der Waals surface area contributed by atoms with Crippen LogP contribution in [0.3, 0.4) is 0 Å². The third-order valence-electron chi connectivity index (χ3n) is 4.52. The third kappa shape index (κ3) is 3.28. The third-order valence-corrected chi connectivity index (χ3v) is 4.52. The summed E-state index contributed by atoms with van der Waals surface area (Å²) >= 11 is 0. The first kappa shape index (κ1) is 17.5. The highest BCUT2D eigenvalue weighted by molar-refractivity contribution is 5.77. The Kier molecular flexibility index (Phi) is 3.94. The Morgan fingerprint density at radius 3 is 1.96 bits per heavy atom. The van der Waals surface area contributed by atoms with Crippen molar-refractivity contribution in [3.8, 4) is 17.2 Å². The van der Waals surface area contributed by atoms with Gasteiger partial charge in [0.05, 0.1) is 0 Å². The molecule has 0 unspecified atom stereocenters. The first-order valence-electron chi connectivity index (χ1n) is 8.72. The number of oxazole rings is 1. The largest absolute Gasteiger partial charge is 0.507 e. The summed E-state index contributed by atoms with van der Waals surface area (Å²) in [6.45, 7) is 14.7. The number of benzene rings is 2. The summed E-state index contributed by atoms with van der Waals surface area (Å²) in [5.41, 5.74) is 5.17. The van der Waals surface area contributed by atoms with Crippen LogP contribution in [-0.2, 0) is 10.8 Å². The molecule has 2 aromatic carbocycles. The Morgan fingerprint density at radius 2 is 1.44 bits per heavy atom. The highest BCUT2D eigenvalue weighted by Gasteiger charge is 2.27. The van der Waals surface area contributed by atoms with E-state index in [-0.39, 0.29) is 10.8 Å². The maximum atomic E-state index is 10.9. The SMILES string of the molecule is Cc1ccc2oc(-c3cc(C(C)(C)C)c(O)c(C(C)(C)C)c3)nc2c1. The van der Waals surface area contributed by atoms with Gasteiger partial charge >= 0.3 is 0 Å². The molecule has 0 aliphatic carbocycles. The van der Waals surface area contributed by atoms with Gasteiger partial charge in [-0.3, -0.25) is 0 Å². The number of aromatic nitrogens is 1. The van der Waals surface area contributed by atoms with Gasteiger partial charge in [-0.25, -0.2) is 4.98 Å². The Labute approximate surface area is 149 Å². The van der Waals surface area contributed by atoms with E-state index in [9.17, 15) is 5.11 Å². The van der Waals surface area contributed by atoms with Crippen LogP contribution < -0.4 is 0 Å². The fourth-order valence-electron chi connectivity index (χ4n) is 3.06. The molecule has 1 N–H and O–H groups in total. The van der Waals surface area contributed by atoms with Crippen molar-refractivity contribution in [2.75, 3.05) is 0 Å². The van der Waals surface area contributed by atoms with E-state index in [1.165, 1.54) is 0 Å². The van der Waals surface area contributed by atoms with Crippen LogP contribution in [0.15, 0.2) is 34.7 Å². The van der Waals surface area contributed by atoms with Crippen LogP contribution in [0.5, 0.6) is 5.75 Å². The molecule has 0 radical (unpaired) electrons. The number of hydrogen-bond acceptors (Lipinski definition) is 3. The van der Waals surface area contributed by atoms with E-state index in [0.29, 0.717) is 11.6 Å². The lowest BCUT2D eigenvalue weighted by Gasteiger charge is -2.27. The summed E-state index contributed by atoms with van der Waals surface area (Å²) in [4.78, 5) is 4.67. The van der Waals surface area contributed by atoms with E-state index in [1.54, 1.807) is 0 Å². The number of aromatic hydroxyl groups is 1. The van der Waals surface area contributed by atoms with E-state index in [2.05, 4.69) is 46.5 Å². The average molecular weight is 337 g/mol. The van der Waals surface area contributed by atoms with Gasteiger partial charge < -0.3 is 9.52 Å². The van der Waals surface area contributed by atoms with Crippen molar-refractivity contribution >= 4 is 11.1 Å². The van der Waals surface area contributed by atoms with Gasteiger partial charge in [-0.1, -0.05) is 47.6 Å². The molecular formula is C22H27NO2. The summed E-state index contributed by atoms with van der Waals surface area (Å²) < 4.78 is 5.99. The second-order valence-electron chi connectivity index (χ2n) is 8.91. The molecule has 3 heteroatoms. The summed E-state index contributed by atoms with van der Waals surface area (Å²) in [5.74, 6) is 0.965. The monoisotopic (exact) mass is 337 g/mol. The summed E-state index contributed by atoms with van der Waals surface area (Å²) in [6.07, 6.45) is 0. The van der Waals surface area contributed by atoms with Gasteiger partial charge in [0, 0.05) is 16.7 Å². The van der Waals surface area contributed by atoms with Crippen molar-refractivity contribution in [3.63, 3.8) is 0 Å². The minimum absolute atomic E-state index is 0.178. The van der Waals surface area contributed by atoms with E-state index >= 15 is 0 Å². The lowest BCUT2D eigenvalue weighted by atomic mass is 9.78. The van der Waals surface area contributed by atoms with Crippen molar-refractivity contribution in [2.45, 2.75) is 59.3 Å². The number of nitrogens with zero attached hydrogens (tertiary/aromatic N) is 1. The molecule has 0 saturated carbocycles. The fraction of sp³-hybridized carbons (Fsp3) is 0.409. The zero-order valence-electron chi connectivity index (χ0n) is 16.2. The number of phenolic OH excluding ortho intramolecular Hbond substituents is 1. The van der Waals surface area contributed by atoms with Gasteiger partial charge in [0.15, 0.2) is 5.58 Å². The second-order valence-corrected chi connectivity index (χ2v) is 8.91. The van der Waals surface area contributed by atoms with Crippen molar-refractivity contribution in [1.82, 2.24) is 4.98 Å². The first-order chi connectivity index (χ1) is 11.5. The van der Waals surface area contributed by atoms with E-state index in [1.807, 2.05) is 37.3 Å². The van der Waals surface area contributed by atoms with E-state index in [4.69, 9.17) is 4.42 Å². The van der Waals surface area contributed by atoms with Crippen molar-refractivity contribution in [3.05, 3.63) is 47.0 Å². The van der Waals surface area contributed by atoms with Crippen molar-refractivity contribution in [2.24, 2.45) is 0 Å². The van der Waals surface area contributed by atoms with Gasteiger partial charge in [-0.05, 0) is 47.6 Å². The average Bonchev–Trinajstić information content (AvgIpc) is 2.87. The van der Waals surface area contributed by atoms with Crippen molar-refractivity contribution < 1.29 is 9.52 Å². The maximum absolute atomic E-state index is 10.9. The van der Waals surface area contributed by atoms with Crippen LogP contribution in [0.25, 0.3) is 22.6 Å². The van der Waals surface area contributed by atoms with Gasteiger partial charge in [-0.2, -0.15) is 0 Å². The maximum Gasteiger partial charge on any atom is 0.227 e. The molecule has 0 fully saturated rings. The van der Waals surface area contributed by atoms with Gasteiger partial charge in [0.2, 0.25) is 5.89 Å². The molecule has 3 aromatic rings. The lowest BCUT2D eigenvalue weighted by Crippen LogP contribution is -2.17. The van der Waals surface area contributed by atoms with Crippen LogP contribution in [-0.4, -0.2) is 10.1 Å². The Bertz CT molecular complexity index is 902. The highest BCUT2D eigenvalue weighted by Crippen LogP contribution is 2.42. The molecule has 0 amide bonds. The molecule has 3 nitrogen and oxygen atoms in total. The van der Waals surface area contributed by atoms with Crippen LogP contribution in [0.1, 0.15) is 58.2 Å². The Hall–Kier alpha value is -2.29. The molecule has 0 aliphatic heterocycles. The molecule has 3 rings (SSSR count). The molecule has 132 valence electrons. The molecule has 0 aliphatic rings. The molecule has 0 atom stereocenters. The molecule has 1 heterocycles. The molecule has 0 spiro atoms. The second kappa shape index (κ2) is 5.62. The number of rotatable bonds is 1. The predicted octanol–water partition coefficient (Wildman–Crippen LogP) is 6.10. The number of phenols is 1. The van der Waals surface area contributed by atoms with Crippen LogP contribution in [0, 0.1) is 6.92 Å². The zero-order valence-corrected chi connectivity index (χ0v) is 16.2. The van der Waals surface area contributed by atoms with Crippen molar-refractivity contribution in [1.29, 1.82) is 0 Å². The molecular weight excluding hydrogens is 310 g/mol. The van der Waals surface area contributed by atoms with Gasteiger partial charge in [0.25, 0.3) is 0 Å². The molecule has 0 bridgehead atoms. The standard InChI is InChI=1S/C22H27NO2/c1-13-8-9-18-17(10-13)23-20(25-18)14-11-15(21(2,3)4)19(24)16(12-14)22(5,6)7/h8-12,24H,1-7H3. The Morgan fingerprint density at radius 1 is 0.880 bits per heavy atom. The number of fused-ring (bicyclic) bond motifs is 1. The Balaban J connectivity index is 2.27. The minimum atomic E-state index is -0.178. The zero-order chi connectivity index (χ0) is 18.6. The van der Waals surface area contributed by atoms with Crippen LogP contribution in [0.4, 0.5) is 0 Å². The van der Waals surface area contributed by atoms with Gasteiger partial charge in [0.1, 0.15) is 11.3 Å². The quantitative estimate of drug-likeness (QED) is 0.583. The van der Waals surface area contributed by atoms with Gasteiger partial charge in [-0.15, -0.1) is 0 Å². The minimum Gasteiger partial charge on any atom is -0.507 e. The van der Waals surface area contributed by atoms with Crippen LogP contribution >= 0.6 is 0 Å². The highest BCUT2D eigenvalue weighted by atomic mass is 16.3. The number of aryl methyl sites for hydroxylation is 1. The molecule has 1 aromatic heterocycles. The van der Waals surface area contributed by atoms with E-state index in [0.717, 1.165) is 33.4 Å². The fourth-order valence-corrected chi connectivity index (χ4v) is 3.06. The normalized spacial score (nSPS) is 12.8. The molecule has 0 saturated heterocycles. The summed E-state index contributed by atoms with van der Waals surface area (Å²) in [7, 11) is 0. The predicted molar refractivity (Wildman–Crippen MR) is 103 cm³/mol. The smallest absolute Gasteiger partial charge is 0.227 e. The summed E-state index contributed by atoms with van der Waals surface area (Å²) in [5, 5.41) is 10.9. The van der Waals surface area contributed by atoms with E-state index < -0.39 is 0 Å². The topological polar surface area (TPSA) is 46.3 Å². The lowest BCUT2D eigenvalue weighted by molar-refractivity contribution is 0.423. The molecule has 25 heavy (non-hydrogen) atoms.